The zero-order valence-corrected chi connectivity index (χ0v) is 30.5. The number of anilines is 1. The fourth-order valence-corrected chi connectivity index (χ4v) is 9.00. The summed E-state index contributed by atoms with van der Waals surface area (Å²) >= 11 is 1.73. The average molecular weight is 602 g/mol. The van der Waals surface area contributed by atoms with Gasteiger partial charge in [-0.3, -0.25) is 4.57 Å². The SMILES string of the molecule is CC(C)(C)[Si](C)(C)OC[C@H]1S[C@@H](n2ccc(N)nc2=O)C(O[Si](C)(C)C(C)(C)C)C1O[Si](C)(C)C(C)(C)C. The standard InChI is InChI=1S/C27H55N3O4SSi3/c1-25(2,3)36(10,11)32-18-19-21(33-37(12,13)26(4,5)6)22(34-38(14,15)27(7,8)9)23(35-19)30-17-16-20(28)29-24(30)31/h16-17,19,21-23H,18H2,1-15H3,(H2,28,29,31)/t19-,21?,22?,23-/m1/s1. The van der Waals surface area contributed by atoms with Gasteiger partial charge in [0.05, 0.1) is 11.4 Å². The summed E-state index contributed by atoms with van der Waals surface area (Å²) < 4.78 is 22.8. The van der Waals surface area contributed by atoms with E-state index in [1.54, 1.807) is 28.6 Å². The number of hydrogen-bond donors (Lipinski definition) is 1. The molecule has 7 nitrogen and oxygen atoms in total. The van der Waals surface area contributed by atoms with Crippen LogP contribution in [-0.2, 0) is 13.3 Å². The van der Waals surface area contributed by atoms with Gasteiger partial charge >= 0.3 is 5.69 Å². The van der Waals surface area contributed by atoms with E-state index < -0.39 is 25.0 Å². The first kappa shape index (κ1) is 33.8. The first-order chi connectivity index (χ1) is 16.8. The van der Waals surface area contributed by atoms with Crippen LogP contribution in [0.3, 0.4) is 0 Å². The predicted molar refractivity (Wildman–Crippen MR) is 171 cm³/mol. The summed E-state index contributed by atoms with van der Waals surface area (Å²) in [6.07, 6.45) is 1.23. The number of rotatable bonds is 8. The highest BCUT2D eigenvalue weighted by Crippen LogP contribution is 2.51. The molecule has 4 atom stereocenters. The highest BCUT2D eigenvalue weighted by Gasteiger charge is 2.54. The lowest BCUT2D eigenvalue weighted by Crippen LogP contribution is -2.54. The monoisotopic (exact) mass is 601 g/mol. The van der Waals surface area contributed by atoms with Crippen LogP contribution in [0.15, 0.2) is 17.1 Å². The summed E-state index contributed by atoms with van der Waals surface area (Å²) in [4.78, 5) is 17.1. The van der Waals surface area contributed by atoms with Crippen LogP contribution < -0.4 is 11.4 Å². The van der Waals surface area contributed by atoms with Crippen molar-refractivity contribution in [2.45, 2.75) is 140 Å². The van der Waals surface area contributed by atoms with Crippen molar-refractivity contribution in [1.29, 1.82) is 0 Å². The van der Waals surface area contributed by atoms with E-state index in [1.165, 1.54) is 0 Å². The van der Waals surface area contributed by atoms with Gasteiger partial charge in [-0.15, -0.1) is 11.8 Å². The smallest absolute Gasteiger partial charge is 0.350 e. The van der Waals surface area contributed by atoms with Gasteiger partial charge in [0.2, 0.25) is 0 Å². The maximum atomic E-state index is 13.1. The van der Waals surface area contributed by atoms with Crippen LogP contribution >= 0.6 is 11.8 Å². The summed E-state index contributed by atoms with van der Waals surface area (Å²) in [7, 11) is -6.41. The molecule has 38 heavy (non-hydrogen) atoms. The van der Waals surface area contributed by atoms with E-state index in [2.05, 4.69) is 107 Å². The molecule has 1 fully saturated rings. The summed E-state index contributed by atoms with van der Waals surface area (Å²) in [5, 5.41) is -0.138. The fraction of sp³-hybridized carbons (Fsp3) is 0.852. The van der Waals surface area contributed by atoms with E-state index in [-0.39, 0.29) is 49.5 Å². The molecule has 1 aliphatic heterocycles. The van der Waals surface area contributed by atoms with Gasteiger partial charge in [-0.2, -0.15) is 4.98 Å². The second kappa shape index (κ2) is 11.1. The first-order valence-electron chi connectivity index (χ1n) is 13.8. The number of aromatic nitrogens is 2. The quantitative estimate of drug-likeness (QED) is 0.314. The Morgan fingerprint density at radius 2 is 1.29 bits per heavy atom. The number of nitrogens with two attached hydrogens (primary N) is 1. The van der Waals surface area contributed by atoms with E-state index in [9.17, 15) is 4.79 Å². The van der Waals surface area contributed by atoms with Crippen LogP contribution in [0.5, 0.6) is 0 Å². The highest BCUT2D eigenvalue weighted by atomic mass is 32.2. The van der Waals surface area contributed by atoms with Gasteiger partial charge in [-0.05, 0) is 60.5 Å². The Hall–Kier alpha value is -0.439. The normalized spacial score (nSPS) is 24.2. The molecule has 2 unspecified atom stereocenters. The topological polar surface area (TPSA) is 88.6 Å². The van der Waals surface area contributed by atoms with Gasteiger partial charge in [-0.1, -0.05) is 62.3 Å². The van der Waals surface area contributed by atoms with Crippen LogP contribution in [0, 0.1) is 0 Å². The molecular weight excluding hydrogens is 547 g/mol. The molecule has 1 aromatic rings. The first-order valence-corrected chi connectivity index (χ1v) is 23.5. The molecule has 2 rings (SSSR count). The lowest BCUT2D eigenvalue weighted by molar-refractivity contribution is 0.0256. The molecule has 2 heterocycles. The average Bonchev–Trinajstić information content (AvgIpc) is 3.00. The number of thioether (sulfide) groups is 1. The van der Waals surface area contributed by atoms with Gasteiger partial charge in [0.25, 0.3) is 0 Å². The predicted octanol–water partition coefficient (Wildman–Crippen LogP) is 7.24. The van der Waals surface area contributed by atoms with Crippen LogP contribution in [-0.4, -0.2) is 58.6 Å². The molecular formula is C27H55N3O4SSi3. The van der Waals surface area contributed by atoms with E-state index >= 15 is 0 Å². The Labute approximate surface area is 239 Å². The number of nitrogens with zero attached hydrogens (tertiary/aromatic N) is 2. The Kier molecular flexibility index (Phi) is 9.86. The molecule has 0 amide bonds. The van der Waals surface area contributed by atoms with Gasteiger partial charge in [0.1, 0.15) is 17.3 Å². The van der Waals surface area contributed by atoms with E-state index in [0.717, 1.165) is 0 Å². The lowest BCUT2D eigenvalue weighted by atomic mass is 10.1. The summed E-state index contributed by atoms with van der Waals surface area (Å²) in [6, 6.07) is 1.69. The van der Waals surface area contributed by atoms with Crippen molar-refractivity contribution in [2.75, 3.05) is 12.3 Å². The van der Waals surface area contributed by atoms with Crippen LogP contribution in [0.1, 0.15) is 67.7 Å². The largest absolute Gasteiger partial charge is 0.416 e. The molecule has 1 aromatic heterocycles. The summed E-state index contributed by atoms with van der Waals surface area (Å²) in [6.45, 7) is 34.5. The molecule has 220 valence electrons. The van der Waals surface area contributed by atoms with Crippen molar-refractivity contribution in [3.63, 3.8) is 0 Å². The van der Waals surface area contributed by atoms with Crippen molar-refractivity contribution >= 4 is 42.5 Å². The molecule has 0 spiro atoms. The molecule has 0 saturated carbocycles. The highest BCUT2D eigenvalue weighted by molar-refractivity contribution is 8.00. The Bertz CT molecular complexity index is 1030. The van der Waals surface area contributed by atoms with Gasteiger partial charge in [0.15, 0.2) is 25.0 Å². The van der Waals surface area contributed by atoms with Crippen LogP contribution in [0.4, 0.5) is 5.82 Å². The molecule has 0 radical (unpaired) electrons. The van der Waals surface area contributed by atoms with Crippen molar-refractivity contribution in [2.24, 2.45) is 0 Å². The molecule has 1 saturated heterocycles. The zero-order valence-electron chi connectivity index (χ0n) is 26.7. The van der Waals surface area contributed by atoms with Crippen LogP contribution in [0.25, 0.3) is 0 Å². The molecule has 1 aliphatic rings. The maximum Gasteiger partial charge on any atom is 0.350 e. The third-order valence-corrected chi connectivity index (χ3v) is 24.3. The van der Waals surface area contributed by atoms with Crippen molar-refractivity contribution < 1.29 is 13.3 Å². The van der Waals surface area contributed by atoms with Crippen molar-refractivity contribution in [1.82, 2.24) is 9.55 Å². The molecule has 2 N–H and O–H groups in total. The molecule has 11 heteroatoms. The summed E-state index contributed by atoms with van der Waals surface area (Å²) in [5.41, 5.74) is 5.49. The second-order valence-electron chi connectivity index (χ2n) is 15.4. The van der Waals surface area contributed by atoms with E-state index in [1.807, 2.05) is 0 Å². The second-order valence-corrected chi connectivity index (χ2v) is 31.0. The zero-order chi connectivity index (χ0) is 29.7. The van der Waals surface area contributed by atoms with E-state index in [0.29, 0.717) is 6.61 Å². The Balaban J connectivity index is 2.64. The molecule has 0 aliphatic carbocycles. The minimum atomic E-state index is -2.23. The molecule has 0 aromatic carbocycles. The van der Waals surface area contributed by atoms with Crippen molar-refractivity contribution in [3.8, 4) is 0 Å². The minimum absolute atomic E-state index is 0.00376. The Morgan fingerprint density at radius 3 is 1.71 bits per heavy atom. The molecule has 0 bridgehead atoms. The maximum absolute atomic E-state index is 13.1. The van der Waals surface area contributed by atoms with E-state index in [4.69, 9.17) is 19.0 Å². The Morgan fingerprint density at radius 1 is 0.842 bits per heavy atom. The van der Waals surface area contributed by atoms with Crippen LogP contribution in [0.2, 0.25) is 54.4 Å². The third kappa shape index (κ3) is 7.44. The summed E-state index contributed by atoms with van der Waals surface area (Å²) in [5.74, 6) is 0.225. The number of nitrogen functional groups attached to an aromatic ring is 1. The minimum Gasteiger partial charge on any atom is -0.416 e. The fourth-order valence-electron chi connectivity index (χ4n) is 3.49. The van der Waals surface area contributed by atoms with Gasteiger partial charge in [-0.25, -0.2) is 4.79 Å². The van der Waals surface area contributed by atoms with Crippen molar-refractivity contribution in [3.05, 3.63) is 22.7 Å². The lowest BCUT2D eigenvalue weighted by Gasteiger charge is -2.45. The van der Waals surface area contributed by atoms with Gasteiger partial charge in [0, 0.05) is 12.8 Å². The third-order valence-electron chi connectivity index (χ3n) is 9.30. The van der Waals surface area contributed by atoms with Gasteiger partial charge < -0.3 is 19.0 Å². The number of hydrogen-bond acceptors (Lipinski definition) is 7.